The standard InChI is InChI=1S/C26H40O2/c1-20(2)10-7-13-23(5)24-18-16-21(3)11-8-14-25(26(27)28-6)15-9-12-22(4)17-19-24/h10-11,15,17,24H,5,7-9,12-14,16,18-19H2,1-4,6H3. The van der Waals surface area contributed by atoms with Gasteiger partial charge in [-0.1, -0.05) is 53.2 Å². The van der Waals surface area contributed by atoms with E-state index in [1.165, 1.54) is 29.4 Å². The normalized spacial score (nSPS) is 19.5. The lowest BCUT2D eigenvalue weighted by molar-refractivity contribution is -0.136. The topological polar surface area (TPSA) is 26.3 Å². The zero-order chi connectivity index (χ0) is 20.9. The fourth-order valence-electron chi connectivity index (χ4n) is 3.56. The Hall–Kier alpha value is -1.83. The Morgan fingerprint density at radius 3 is 2.46 bits per heavy atom. The fraction of sp³-hybridized carbons (Fsp3) is 0.577. The molecule has 0 N–H and O–H groups in total. The van der Waals surface area contributed by atoms with Gasteiger partial charge in [-0.2, -0.15) is 0 Å². The van der Waals surface area contributed by atoms with Gasteiger partial charge >= 0.3 is 5.97 Å². The number of hydrogen-bond acceptors (Lipinski definition) is 2. The van der Waals surface area contributed by atoms with Gasteiger partial charge in [-0.05, 0) is 91.4 Å². The van der Waals surface area contributed by atoms with Gasteiger partial charge in [0.05, 0.1) is 7.11 Å². The van der Waals surface area contributed by atoms with Crippen molar-refractivity contribution < 1.29 is 9.53 Å². The van der Waals surface area contributed by atoms with Crippen LogP contribution in [-0.4, -0.2) is 13.1 Å². The van der Waals surface area contributed by atoms with E-state index in [0.717, 1.165) is 63.4 Å². The van der Waals surface area contributed by atoms with E-state index in [1.807, 2.05) is 0 Å². The van der Waals surface area contributed by atoms with Crippen molar-refractivity contribution in [2.24, 2.45) is 5.92 Å². The van der Waals surface area contributed by atoms with Gasteiger partial charge in [0, 0.05) is 5.57 Å². The molecule has 1 atom stereocenters. The smallest absolute Gasteiger partial charge is 0.333 e. The van der Waals surface area contributed by atoms with Gasteiger partial charge in [-0.25, -0.2) is 4.79 Å². The molecule has 1 unspecified atom stereocenters. The van der Waals surface area contributed by atoms with Crippen LogP contribution in [0.25, 0.3) is 0 Å². The lowest BCUT2D eigenvalue weighted by Crippen LogP contribution is -2.06. The van der Waals surface area contributed by atoms with Crippen molar-refractivity contribution >= 4 is 5.97 Å². The second-order valence-corrected chi connectivity index (χ2v) is 8.35. The van der Waals surface area contributed by atoms with Gasteiger partial charge in [0.25, 0.3) is 0 Å². The van der Waals surface area contributed by atoms with E-state index in [9.17, 15) is 4.79 Å². The number of hydrogen-bond donors (Lipinski definition) is 0. The Bertz CT molecular complexity index is 639. The van der Waals surface area contributed by atoms with Crippen LogP contribution in [0.1, 0.15) is 85.5 Å². The van der Waals surface area contributed by atoms with E-state index >= 15 is 0 Å². The second kappa shape index (κ2) is 13.4. The number of allylic oxidation sites excluding steroid dienone is 8. The predicted octanol–water partition coefficient (Wildman–Crippen LogP) is 7.64. The molecule has 2 nitrogen and oxygen atoms in total. The van der Waals surface area contributed by atoms with Crippen LogP contribution in [0.4, 0.5) is 0 Å². The maximum absolute atomic E-state index is 12.0. The Morgan fingerprint density at radius 1 is 1.11 bits per heavy atom. The van der Waals surface area contributed by atoms with Gasteiger partial charge in [0.1, 0.15) is 0 Å². The minimum Gasteiger partial charge on any atom is -0.466 e. The molecule has 2 heteroatoms. The Labute approximate surface area is 173 Å². The largest absolute Gasteiger partial charge is 0.466 e. The molecular formula is C26H40O2. The van der Waals surface area contributed by atoms with E-state index in [0.29, 0.717) is 5.92 Å². The fourth-order valence-corrected chi connectivity index (χ4v) is 3.56. The summed E-state index contributed by atoms with van der Waals surface area (Å²) in [5.74, 6) is 0.362. The number of rotatable bonds is 5. The van der Waals surface area contributed by atoms with Crippen LogP contribution in [0.3, 0.4) is 0 Å². The third kappa shape index (κ3) is 9.92. The molecule has 0 fully saturated rings. The monoisotopic (exact) mass is 384 g/mol. The molecule has 156 valence electrons. The molecule has 0 saturated heterocycles. The number of esters is 1. The molecular weight excluding hydrogens is 344 g/mol. The molecule has 1 aliphatic carbocycles. The third-order valence-electron chi connectivity index (χ3n) is 5.52. The van der Waals surface area contributed by atoms with Gasteiger partial charge < -0.3 is 4.74 Å². The molecule has 0 amide bonds. The SMILES string of the molecule is C=C(CCC=C(C)C)C1CC=C(C)CCC=C(C(=O)OC)CCC=C(C)CC1. The zero-order valence-corrected chi connectivity index (χ0v) is 18.8. The number of ether oxygens (including phenoxy) is 1. The molecule has 0 bridgehead atoms. The van der Waals surface area contributed by atoms with Crippen molar-refractivity contribution in [3.05, 3.63) is 58.7 Å². The third-order valence-corrected chi connectivity index (χ3v) is 5.52. The molecule has 0 saturated carbocycles. The second-order valence-electron chi connectivity index (χ2n) is 8.35. The highest BCUT2D eigenvalue weighted by Crippen LogP contribution is 2.28. The lowest BCUT2D eigenvalue weighted by atomic mass is 9.86. The van der Waals surface area contributed by atoms with E-state index in [1.54, 1.807) is 0 Å². The summed E-state index contributed by atoms with van der Waals surface area (Å²) in [4.78, 5) is 12.0. The molecule has 0 aliphatic heterocycles. The number of carbonyl (C=O) groups excluding carboxylic acids is 1. The van der Waals surface area contributed by atoms with Crippen LogP contribution >= 0.6 is 0 Å². The highest BCUT2D eigenvalue weighted by atomic mass is 16.5. The first-order valence-corrected chi connectivity index (χ1v) is 10.7. The predicted molar refractivity (Wildman–Crippen MR) is 121 cm³/mol. The molecule has 0 heterocycles. The number of methoxy groups -OCH3 is 1. The summed E-state index contributed by atoms with van der Waals surface area (Å²) < 4.78 is 4.94. The summed E-state index contributed by atoms with van der Waals surface area (Å²) in [6.07, 6.45) is 18.1. The lowest BCUT2D eigenvalue weighted by Gasteiger charge is -2.19. The number of carbonyl (C=O) groups is 1. The van der Waals surface area contributed by atoms with Crippen LogP contribution in [0.5, 0.6) is 0 Å². The minimum absolute atomic E-state index is 0.187. The van der Waals surface area contributed by atoms with Crippen LogP contribution in [0.2, 0.25) is 0 Å². The van der Waals surface area contributed by atoms with Gasteiger partial charge in [0.2, 0.25) is 0 Å². The van der Waals surface area contributed by atoms with E-state index in [4.69, 9.17) is 4.74 Å². The average molecular weight is 385 g/mol. The molecule has 1 rings (SSSR count). The highest BCUT2D eigenvalue weighted by molar-refractivity contribution is 5.88. The molecule has 0 radical (unpaired) electrons. The first-order chi connectivity index (χ1) is 13.3. The first kappa shape index (κ1) is 24.2. The summed E-state index contributed by atoms with van der Waals surface area (Å²) in [5, 5.41) is 0. The van der Waals surface area contributed by atoms with Crippen molar-refractivity contribution in [1.29, 1.82) is 0 Å². The highest BCUT2D eigenvalue weighted by Gasteiger charge is 2.13. The zero-order valence-electron chi connectivity index (χ0n) is 18.8. The summed E-state index contributed by atoms with van der Waals surface area (Å²) in [6, 6.07) is 0. The summed E-state index contributed by atoms with van der Waals surface area (Å²) in [5.41, 5.74) is 6.37. The van der Waals surface area contributed by atoms with Crippen LogP contribution in [0, 0.1) is 5.92 Å². The van der Waals surface area contributed by atoms with Crippen LogP contribution < -0.4 is 0 Å². The first-order valence-electron chi connectivity index (χ1n) is 10.7. The van der Waals surface area contributed by atoms with Crippen molar-refractivity contribution in [3.63, 3.8) is 0 Å². The molecule has 1 aliphatic rings. The van der Waals surface area contributed by atoms with Crippen LogP contribution in [0.15, 0.2) is 58.7 Å². The quantitative estimate of drug-likeness (QED) is 0.359. The van der Waals surface area contributed by atoms with Crippen molar-refractivity contribution in [2.45, 2.75) is 85.5 Å². The maximum atomic E-state index is 12.0. The Balaban J connectivity index is 2.87. The minimum atomic E-state index is -0.187. The summed E-state index contributed by atoms with van der Waals surface area (Å²) in [7, 11) is 1.46. The van der Waals surface area contributed by atoms with E-state index in [2.05, 4.69) is 58.6 Å². The average Bonchev–Trinajstić information content (AvgIpc) is 2.65. The summed E-state index contributed by atoms with van der Waals surface area (Å²) >= 11 is 0. The molecule has 0 aromatic heterocycles. The Kier molecular flexibility index (Phi) is 11.6. The van der Waals surface area contributed by atoms with E-state index in [-0.39, 0.29) is 5.97 Å². The van der Waals surface area contributed by atoms with Gasteiger partial charge in [-0.3, -0.25) is 0 Å². The Morgan fingerprint density at radius 2 is 1.79 bits per heavy atom. The van der Waals surface area contributed by atoms with Crippen LogP contribution in [-0.2, 0) is 9.53 Å². The maximum Gasteiger partial charge on any atom is 0.333 e. The van der Waals surface area contributed by atoms with Crippen molar-refractivity contribution in [1.82, 2.24) is 0 Å². The molecule has 28 heavy (non-hydrogen) atoms. The van der Waals surface area contributed by atoms with Gasteiger partial charge in [-0.15, -0.1) is 0 Å². The molecule has 0 aromatic carbocycles. The van der Waals surface area contributed by atoms with Crippen molar-refractivity contribution in [2.75, 3.05) is 7.11 Å². The molecule has 0 spiro atoms. The van der Waals surface area contributed by atoms with E-state index < -0.39 is 0 Å². The molecule has 0 aromatic rings. The van der Waals surface area contributed by atoms with Gasteiger partial charge in [0.15, 0.2) is 0 Å². The summed E-state index contributed by atoms with van der Waals surface area (Å²) in [6.45, 7) is 13.1. The van der Waals surface area contributed by atoms with Crippen molar-refractivity contribution in [3.8, 4) is 0 Å².